The smallest absolute Gasteiger partial charge is 0.0561 e. The third kappa shape index (κ3) is 3.99. The second kappa shape index (κ2) is 5.82. The number of rotatable bonds is 0. The lowest BCUT2D eigenvalue weighted by atomic mass is 10.1. The van der Waals surface area contributed by atoms with Crippen LogP contribution in [0.15, 0.2) is 48.5 Å². The van der Waals surface area contributed by atoms with E-state index in [-0.39, 0.29) is 0 Å². The van der Waals surface area contributed by atoms with Crippen LogP contribution in [0.5, 0.6) is 0 Å². The number of hydrogen-bond acceptors (Lipinski definition) is 0. The molecule has 1 heterocycles. The highest BCUT2D eigenvalue weighted by Gasteiger charge is 2.26. The van der Waals surface area contributed by atoms with E-state index in [1.807, 2.05) is 0 Å². The summed E-state index contributed by atoms with van der Waals surface area (Å²) in [7, 11) is -2.49. The molecule has 3 rings (SSSR count). The molecule has 0 N–H and O–H groups in total. The van der Waals surface area contributed by atoms with Gasteiger partial charge in [-0.3, -0.25) is 0 Å². The summed E-state index contributed by atoms with van der Waals surface area (Å²) in [5.74, 6) is 0. The first-order valence-electron chi connectivity index (χ1n) is 8.47. The van der Waals surface area contributed by atoms with Gasteiger partial charge in [0, 0.05) is 0 Å². The molecule has 4 bridgehead atoms. The molecule has 116 valence electrons. The van der Waals surface area contributed by atoms with Gasteiger partial charge in [0.15, 0.2) is 0 Å². The monoisotopic (exact) mass is 324 g/mol. The van der Waals surface area contributed by atoms with E-state index in [2.05, 4.69) is 74.7 Å². The Balaban J connectivity index is 2.03. The van der Waals surface area contributed by atoms with Crippen LogP contribution in [0.3, 0.4) is 0 Å². The predicted molar refractivity (Wildman–Crippen MR) is 103 cm³/mol. The molecule has 0 saturated carbocycles. The fourth-order valence-electron chi connectivity index (χ4n) is 4.03. The maximum atomic E-state index is 2.54. The van der Waals surface area contributed by atoms with Crippen molar-refractivity contribution in [2.45, 2.75) is 50.4 Å². The molecule has 0 amide bonds. The van der Waals surface area contributed by atoms with Gasteiger partial charge in [-0.25, -0.2) is 0 Å². The maximum Gasteiger partial charge on any atom is 0.0561 e. The minimum Gasteiger partial charge on any atom is -0.0689 e. The van der Waals surface area contributed by atoms with Gasteiger partial charge in [0.1, 0.15) is 0 Å². The Bertz CT molecular complexity index is 565. The maximum absolute atomic E-state index is 2.54. The van der Waals surface area contributed by atoms with Crippen molar-refractivity contribution in [1.82, 2.24) is 0 Å². The topological polar surface area (TPSA) is 0 Å². The van der Waals surface area contributed by atoms with E-state index in [0.717, 1.165) is 0 Å². The van der Waals surface area contributed by atoms with E-state index in [4.69, 9.17) is 0 Å². The highest BCUT2D eigenvalue weighted by Crippen LogP contribution is 2.24. The SMILES string of the molecule is C[Si]1(C)Cc2cccc(c2)C[Si](C)(C)Cc2cccc(c2)C1. The van der Waals surface area contributed by atoms with Crippen LogP contribution in [-0.4, -0.2) is 16.1 Å². The van der Waals surface area contributed by atoms with E-state index in [1.54, 1.807) is 22.3 Å². The van der Waals surface area contributed by atoms with E-state index in [0.29, 0.717) is 0 Å². The van der Waals surface area contributed by atoms with E-state index in [9.17, 15) is 0 Å². The van der Waals surface area contributed by atoms with E-state index < -0.39 is 16.1 Å². The van der Waals surface area contributed by atoms with Crippen LogP contribution in [-0.2, 0) is 24.2 Å². The zero-order valence-corrected chi connectivity index (χ0v) is 16.4. The highest BCUT2D eigenvalue weighted by molar-refractivity contribution is 6.77. The van der Waals surface area contributed by atoms with Gasteiger partial charge in [-0.05, 0) is 24.2 Å². The van der Waals surface area contributed by atoms with Crippen molar-refractivity contribution in [3.63, 3.8) is 0 Å². The first-order valence-corrected chi connectivity index (χ1v) is 15.3. The molecule has 0 aliphatic carbocycles. The molecular weight excluding hydrogens is 296 g/mol. The largest absolute Gasteiger partial charge is 0.0689 e. The Labute approximate surface area is 137 Å². The Hall–Kier alpha value is -1.13. The van der Waals surface area contributed by atoms with Gasteiger partial charge in [-0.1, -0.05) is 97.0 Å². The Morgan fingerprint density at radius 1 is 0.545 bits per heavy atom. The van der Waals surface area contributed by atoms with Gasteiger partial charge in [0.05, 0.1) is 16.1 Å². The Morgan fingerprint density at radius 2 is 0.818 bits per heavy atom. The average molecular weight is 325 g/mol. The molecule has 0 fully saturated rings. The van der Waals surface area contributed by atoms with Crippen LogP contribution in [0.25, 0.3) is 0 Å². The van der Waals surface area contributed by atoms with Crippen molar-refractivity contribution >= 4 is 16.1 Å². The van der Waals surface area contributed by atoms with Gasteiger partial charge in [-0.2, -0.15) is 0 Å². The van der Waals surface area contributed by atoms with Crippen LogP contribution in [0, 0.1) is 0 Å². The van der Waals surface area contributed by atoms with Crippen LogP contribution in [0.2, 0.25) is 26.2 Å². The van der Waals surface area contributed by atoms with E-state index >= 15 is 0 Å². The van der Waals surface area contributed by atoms with Crippen LogP contribution >= 0.6 is 0 Å². The molecule has 2 aromatic carbocycles. The molecule has 0 aromatic heterocycles. The van der Waals surface area contributed by atoms with Crippen molar-refractivity contribution in [1.29, 1.82) is 0 Å². The van der Waals surface area contributed by atoms with Crippen molar-refractivity contribution in [3.8, 4) is 0 Å². The number of hydrogen-bond donors (Lipinski definition) is 0. The average Bonchev–Trinajstić information content (AvgIpc) is 2.35. The van der Waals surface area contributed by atoms with Crippen molar-refractivity contribution in [3.05, 3.63) is 70.8 Å². The summed E-state index contributed by atoms with van der Waals surface area (Å²) in [4.78, 5) is 0. The molecule has 0 spiro atoms. The summed E-state index contributed by atoms with van der Waals surface area (Å²) in [5, 5.41) is 0. The second-order valence-corrected chi connectivity index (χ2v) is 18.7. The molecule has 2 heteroatoms. The van der Waals surface area contributed by atoms with Crippen LogP contribution < -0.4 is 0 Å². The zero-order chi connectivity index (χ0) is 15.8. The van der Waals surface area contributed by atoms with Gasteiger partial charge >= 0.3 is 0 Å². The lowest BCUT2D eigenvalue weighted by Gasteiger charge is -2.27. The first kappa shape index (κ1) is 15.8. The van der Waals surface area contributed by atoms with Crippen molar-refractivity contribution in [2.75, 3.05) is 0 Å². The molecule has 1 aliphatic heterocycles. The molecule has 22 heavy (non-hydrogen) atoms. The summed E-state index contributed by atoms with van der Waals surface area (Å²) in [6, 6.07) is 24.1. The minimum absolute atomic E-state index is 1.24. The fourth-order valence-corrected chi connectivity index (χ4v) is 9.58. The zero-order valence-electron chi connectivity index (χ0n) is 14.4. The first-order chi connectivity index (χ1) is 10.3. The Morgan fingerprint density at radius 3 is 1.09 bits per heavy atom. The van der Waals surface area contributed by atoms with Gasteiger partial charge in [-0.15, -0.1) is 0 Å². The summed E-state index contributed by atoms with van der Waals surface area (Å²) >= 11 is 0. The molecule has 0 saturated heterocycles. The molecule has 0 radical (unpaired) electrons. The molecule has 0 atom stereocenters. The lowest BCUT2D eigenvalue weighted by molar-refractivity contribution is 1.15. The van der Waals surface area contributed by atoms with Crippen molar-refractivity contribution in [2.24, 2.45) is 0 Å². The second-order valence-electron chi connectivity index (χ2n) is 8.68. The molecule has 0 unspecified atom stereocenters. The fraction of sp³-hybridized carbons (Fsp3) is 0.400. The Kier molecular flexibility index (Phi) is 4.17. The van der Waals surface area contributed by atoms with Crippen molar-refractivity contribution < 1.29 is 0 Å². The lowest BCUT2D eigenvalue weighted by Crippen LogP contribution is -2.35. The molecule has 1 aliphatic rings. The third-order valence-corrected chi connectivity index (χ3v) is 10.2. The molecular formula is C20H28Si2. The predicted octanol–water partition coefficient (Wildman–Crippen LogP) is 5.14. The van der Waals surface area contributed by atoms with Crippen LogP contribution in [0.4, 0.5) is 0 Å². The summed E-state index contributed by atoms with van der Waals surface area (Å²) in [5.41, 5.74) is 6.26. The van der Waals surface area contributed by atoms with Gasteiger partial charge in [0.2, 0.25) is 0 Å². The summed E-state index contributed by atoms with van der Waals surface area (Å²) in [6.07, 6.45) is 0. The third-order valence-electron chi connectivity index (χ3n) is 4.71. The number of fused-ring (bicyclic) bond motifs is 4. The van der Waals surface area contributed by atoms with E-state index in [1.165, 1.54) is 24.2 Å². The molecule has 0 nitrogen and oxygen atoms in total. The summed E-state index contributed by atoms with van der Waals surface area (Å²) < 4.78 is 0. The number of benzene rings is 2. The quantitative estimate of drug-likeness (QED) is 0.588. The normalized spacial score (nSPS) is 19.8. The highest BCUT2D eigenvalue weighted by atomic mass is 28.3. The standard InChI is InChI=1S/C20H28Si2/c1-21(2)13-17-7-5-9-19(11-17)15-22(3,4)16-20-10-6-8-18(12-20)14-21/h5-12H,13-16H2,1-4H3. The van der Waals surface area contributed by atoms with Gasteiger partial charge < -0.3 is 0 Å². The van der Waals surface area contributed by atoms with Gasteiger partial charge in [0.25, 0.3) is 0 Å². The summed E-state index contributed by atoms with van der Waals surface area (Å²) in [6.45, 7) is 10.2. The minimum atomic E-state index is -1.24. The van der Waals surface area contributed by atoms with Crippen LogP contribution in [0.1, 0.15) is 22.3 Å². The molecule has 2 aromatic rings.